The number of nitrogens with zero attached hydrogens (tertiary/aromatic N) is 3. The van der Waals surface area contributed by atoms with Crippen LogP contribution in [0.15, 0.2) is 46.3 Å². The van der Waals surface area contributed by atoms with E-state index in [-0.39, 0.29) is 5.91 Å². The van der Waals surface area contributed by atoms with Crippen LogP contribution in [0.5, 0.6) is 0 Å². The van der Waals surface area contributed by atoms with Gasteiger partial charge in [0.1, 0.15) is 0 Å². The van der Waals surface area contributed by atoms with Gasteiger partial charge in [-0.1, -0.05) is 23.4 Å². The van der Waals surface area contributed by atoms with Crippen molar-refractivity contribution in [2.24, 2.45) is 0 Å². The van der Waals surface area contributed by atoms with E-state index in [0.29, 0.717) is 36.9 Å². The summed E-state index contributed by atoms with van der Waals surface area (Å²) in [6.07, 6.45) is 0. The number of rotatable bonds is 3. The van der Waals surface area contributed by atoms with Crippen LogP contribution < -0.4 is 10.2 Å². The number of aromatic nitrogens is 2. The van der Waals surface area contributed by atoms with Gasteiger partial charge in [-0.25, -0.2) is 0 Å². The van der Waals surface area contributed by atoms with Crippen LogP contribution in [0.4, 0.5) is 5.69 Å². The molecule has 0 spiro atoms. The van der Waals surface area contributed by atoms with Gasteiger partial charge in [0.05, 0.1) is 22.7 Å². The first-order valence-corrected chi connectivity index (χ1v) is 8.18. The largest absolute Gasteiger partial charge is 0.360 e. The van der Waals surface area contributed by atoms with Crippen molar-refractivity contribution in [1.82, 2.24) is 15.5 Å². The van der Waals surface area contributed by atoms with E-state index < -0.39 is 0 Å². The minimum absolute atomic E-state index is 0.0482. The number of para-hydroxylation sites is 1. The number of nitrogens with one attached hydrogen (secondary N) is 1. The second kappa shape index (κ2) is 5.85. The Labute approximate surface area is 136 Å². The number of carbonyl (C=O) groups is 1. The van der Waals surface area contributed by atoms with Crippen LogP contribution >= 0.6 is 11.3 Å². The number of benzene rings is 1. The minimum Gasteiger partial charge on any atom is -0.360 e. The van der Waals surface area contributed by atoms with Gasteiger partial charge in [-0.15, -0.1) is 11.3 Å². The van der Waals surface area contributed by atoms with Gasteiger partial charge in [0.25, 0.3) is 5.91 Å². The molecule has 4 rings (SSSR count). The highest BCUT2D eigenvalue weighted by Crippen LogP contribution is 2.25. The van der Waals surface area contributed by atoms with E-state index in [9.17, 15) is 4.79 Å². The summed E-state index contributed by atoms with van der Waals surface area (Å²) in [5.74, 6) is 1.10. The molecule has 3 aromatic rings. The first-order valence-electron chi connectivity index (χ1n) is 7.30. The lowest BCUT2D eigenvalue weighted by Crippen LogP contribution is -2.29. The smallest absolute Gasteiger partial charge is 0.253 e. The van der Waals surface area contributed by atoms with Crippen molar-refractivity contribution < 1.29 is 9.32 Å². The minimum atomic E-state index is -0.0482. The predicted octanol–water partition coefficient (Wildman–Crippen LogP) is 2.55. The lowest BCUT2D eigenvalue weighted by molar-refractivity contribution is 0.0958. The Hall–Kier alpha value is -2.67. The summed E-state index contributed by atoms with van der Waals surface area (Å²) in [5.41, 5.74) is 1.56. The summed E-state index contributed by atoms with van der Waals surface area (Å²) in [7, 11) is 0. The number of fused-ring (bicyclic) bond motifs is 1. The molecule has 0 unspecified atom stereocenters. The number of thiophene rings is 1. The Morgan fingerprint density at radius 3 is 3.04 bits per heavy atom. The molecule has 1 N–H and O–H groups in total. The molecule has 1 amide bonds. The van der Waals surface area contributed by atoms with Crippen LogP contribution in [0, 0.1) is 0 Å². The molecule has 23 heavy (non-hydrogen) atoms. The molecular formula is C16H14N4O2S. The Balaban J connectivity index is 1.61. The molecule has 0 atom stereocenters. The van der Waals surface area contributed by atoms with Crippen molar-refractivity contribution in [3.63, 3.8) is 0 Å². The lowest BCUT2D eigenvalue weighted by Gasteiger charge is -2.21. The fourth-order valence-corrected chi connectivity index (χ4v) is 3.26. The quantitative estimate of drug-likeness (QED) is 0.801. The molecule has 1 aliphatic heterocycles. The van der Waals surface area contributed by atoms with Crippen molar-refractivity contribution in [1.29, 1.82) is 0 Å². The maximum absolute atomic E-state index is 12.1. The summed E-state index contributed by atoms with van der Waals surface area (Å²) in [6.45, 7) is 1.75. The third-order valence-electron chi connectivity index (χ3n) is 3.69. The maximum atomic E-state index is 12.1. The third kappa shape index (κ3) is 2.70. The molecular weight excluding hydrogens is 312 g/mol. The number of anilines is 1. The van der Waals surface area contributed by atoms with Gasteiger partial charge in [0.2, 0.25) is 11.7 Å². The van der Waals surface area contributed by atoms with Crippen LogP contribution in [-0.4, -0.2) is 29.1 Å². The molecule has 0 bridgehead atoms. The molecule has 7 heteroatoms. The lowest BCUT2D eigenvalue weighted by atomic mass is 10.1. The topological polar surface area (TPSA) is 71.3 Å². The van der Waals surface area contributed by atoms with Crippen LogP contribution in [0.1, 0.15) is 16.2 Å². The Bertz CT molecular complexity index is 828. The van der Waals surface area contributed by atoms with Crippen LogP contribution in [0.25, 0.3) is 10.7 Å². The molecule has 116 valence electrons. The van der Waals surface area contributed by atoms with Gasteiger partial charge >= 0.3 is 0 Å². The highest BCUT2D eigenvalue weighted by Gasteiger charge is 2.22. The summed E-state index contributed by atoms with van der Waals surface area (Å²) in [4.78, 5) is 19.6. The predicted molar refractivity (Wildman–Crippen MR) is 87.4 cm³/mol. The van der Waals surface area contributed by atoms with E-state index in [1.807, 2.05) is 41.8 Å². The highest BCUT2D eigenvalue weighted by molar-refractivity contribution is 7.13. The summed E-state index contributed by atoms with van der Waals surface area (Å²) < 4.78 is 5.37. The summed E-state index contributed by atoms with van der Waals surface area (Å²) in [5, 5.41) is 8.91. The van der Waals surface area contributed by atoms with Crippen molar-refractivity contribution in [3.05, 3.63) is 53.2 Å². The zero-order chi connectivity index (χ0) is 15.6. The molecule has 2 aromatic heterocycles. The SMILES string of the molecule is O=C1NCCN(Cc2nc(-c3cccs3)no2)c2ccccc21. The number of hydrogen-bond donors (Lipinski definition) is 1. The maximum Gasteiger partial charge on any atom is 0.253 e. The molecule has 0 fully saturated rings. The molecule has 6 nitrogen and oxygen atoms in total. The molecule has 0 saturated heterocycles. The average molecular weight is 326 g/mol. The molecule has 3 heterocycles. The molecule has 1 aliphatic rings. The van der Waals surface area contributed by atoms with Crippen molar-refractivity contribution in [2.75, 3.05) is 18.0 Å². The van der Waals surface area contributed by atoms with Gasteiger partial charge in [-0.05, 0) is 23.6 Å². The van der Waals surface area contributed by atoms with E-state index in [1.54, 1.807) is 11.3 Å². The third-order valence-corrected chi connectivity index (χ3v) is 4.56. The zero-order valence-electron chi connectivity index (χ0n) is 12.2. The first kappa shape index (κ1) is 14.0. The Kier molecular flexibility index (Phi) is 3.55. The first-order chi connectivity index (χ1) is 11.3. The van der Waals surface area contributed by atoms with E-state index in [0.717, 1.165) is 10.6 Å². The zero-order valence-corrected chi connectivity index (χ0v) is 13.0. The van der Waals surface area contributed by atoms with Crippen LogP contribution in [-0.2, 0) is 6.54 Å². The normalized spacial score (nSPS) is 14.3. The summed E-state index contributed by atoms with van der Waals surface area (Å²) >= 11 is 1.57. The molecule has 1 aromatic carbocycles. The summed E-state index contributed by atoms with van der Waals surface area (Å²) in [6, 6.07) is 11.5. The van der Waals surface area contributed by atoms with Gasteiger partial charge in [0, 0.05) is 13.1 Å². The van der Waals surface area contributed by atoms with Crippen molar-refractivity contribution >= 4 is 22.9 Å². The Morgan fingerprint density at radius 2 is 2.17 bits per heavy atom. The van der Waals surface area contributed by atoms with Crippen LogP contribution in [0.3, 0.4) is 0 Å². The van der Waals surface area contributed by atoms with Gasteiger partial charge in [0.15, 0.2) is 0 Å². The van der Waals surface area contributed by atoms with Gasteiger partial charge in [-0.3, -0.25) is 4.79 Å². The van der Waals surface area contributed by atoms with Crippen molar-refractivity contribution in [2.45, 2.75) is 6.54 Å². The average Bonchev–Trinajstić information content (AvgIpc) is 3.22. The number of hydrogen-bond acceptors (Lipinski definition) is 6. The second-order valence-electron chi connectivity index (χ2n) is 5.18. The van der Waals surface area contributed by atoms with Gasteiger partial charge < -0.3 is 14.7 Å². The molecule has 0 radical (unpaired) electrons. The van der Waals surface area contributed by atoms with E-state index >= 15 is 0 Å². The number of amides is 1. The highest BCUT2D eigenvalue weighted by atomic mass is 32.1. The van der Waals surface area contributed by atoms with E-state index in [4.69, 9.17) is 4.52 Å². The monoisotopic (exact) mass is 326 g/mol. The van der Waals surface area contributed by atoms with E-state index in [1.165, 1.54) is 0 Å². The van der Waals surface area contributed by atoms with Gasteiger partial charge in [-0.2, -0.15) is 4.98 Å². The van der Waals surface area contributed by atoms with E-state index in [2.05, 4.69) is 20.4 Å². The standard InChI is InChI=1S/C16H14N4O2S/c21-16-11-4-1-2-5-12(11)20(8-7-17-16)10-14-18-15(19-22-14)13-6-3-9-23-13/h1-6,9H,7-8,10H2,(H,17,21). The Morgan fingerprint density at radius 1 is 1.26 bits per heavy atom. The fourth-order valence-electron chi connectivity index (χ4n) is 2.61. The molecule has 0 aliphatic carbocycles. The fraction of sp³-hybridized carbons (Fsp3) is 0.188. The van der Waals surface area contributed by atoms with Crippen LogP contribution in [0.2, 0.25) is 0 Å². The second-order valence-corrected chi connectivity index (χ2v) is 6.13. The van der Waals surface area contributed by atoms with Crippen molar-refractivity contribution in [3.8, 4) is 10.7 Å². The molecule has 0 saturated carbocycles. The number of carbonyl (C=O) groups excluding carboxylic acids is 1.